The van der Waals surface area contributed by atoms with Gasteiger partial charge in [-0.3, -0.25) is 16.0 Å². The lowest BCUT2D eigenvalue weighted by Gasteiger charge is -2.44. The van der Waals surface area contributed by atoms with E-state index in [4.69, 9.17) is 10.2 Å². The van der Waals surface area contributed by atoms with Gasteiger partial charge >= 0.3 is 0 Å². The summed E-state index contributed by atoms with van der Waals surface area (Å²) in [4.78, 5) is 0. The maximum atomic E-state index is 14.7. The Kier molecular flexibility index (Phi) is 5.01. The highest BCUT2D eigenvalue weighted by Gasteiger charge is 2.44. The Morgan fingerprint density at radius 3 is 3.19 bits per heavy atom. The summed E-state index contributed by atoms with van der Waals surface area (Å²) in [5.74, 6) is 0.869. The van der Waals surface area contributed by atoms with Crippen LogP contribution in [-0.2, 0) is 4.74 Å². The van der Waals surface area contributed by atoms with Crippen LogP contribution in [0.2, 0.25) is 0 Å². The van der Waals surface area contributed by atoms with Crippen LogP contribution in [0.5, 0.6) is 0 Å². The molecule has 0 radical (unpaired) electrons. The van der Waals surface area contributed by atoms with Crippen molar-refractivity contribution < 1.29 is 14.6 Å². The van der Waals surface area contributed by atoms with Crippen LogP contribution in [-0.4, -0.2) is 63.5 Å². The number of ether oxygens (including phenoxy) is 1. The van der Waals surface area contributed by atoms with Gasteiger partial charge in [0, 0.05) is 36.6 Å². The van der Waals surface area contributed by atoms with Crippen molar-refractivity contribution >= 4 is 0 Å². The molecule has 27 heavy (non-hydrogen) atoms. The van der Waals surface area contributed by atoms with Crippen molar-refractivity contribution in [1.82, 2.24) is 26.6 Å². The van der Waals surface area contributed by atoms with Crippen molar-refractivity contribution in [3.05, 3.63) is 11.6 Å². The Balaban J connectivity index is 1.44. The molecule has 6 nitrogen and oxygen atoms in total. The van der Waals surface area contributed by atoms with E-state index in [-0.39, 0.29) is 19.0 Å². The second kappa shape index (κ2) is 8.84. The van der Waals surface area contributed by atoms with Crippen molar-refractivity contribution in [2.24, 2.45) is 11.8 Å². The zero-order chi connectivity index (χ0) is 22.0. The van der Waals surface area contributed by atoms with Gasteiger partial charge in [0.15, 0.2) is 0 Å². The maximum Gasteiger partial charge on any atom is 0.143 e. The van der Waals surface area contributed by atoms with E-state index in [1.165, 1.54) is 5.57 Å². The van der Waals surface area contributed by atoms with Gasteiger partial charge in [0.05, 0.1) is 12.3 Å². The summed E-state index contributed by atoms with van der Waals surface area (Å²) >= 11 is 0. The summed E-state index contributed by atoms with van der Waals surface area (Å²) in [6.45, 7) is 0.125. The van der Waals surface area contributed by atoms with Gasteiger partial charge in [-0.25, -0.2) is 4.39 Å². The summed E-state index contributed by atoms with van der Waals surface area (Å²) in [7, 11) is 0. The first-order valence-corrected chi connectivity index (χ1v) is 10.3. The molecule has 3 heterocycles. The fraction of sp³-hybridized carbons (Fsp3) is 0.900. The molecule has 0 spiro atoms. The van der Waals surface area contributed by atoms with Crippen molar-refractivity contribution in [2.75, 3.05) is 26.7 Å². The molecule has 0 amide bonds. The van der Waals surface area contributed by atoms with E-state index in [0.717, 1.165) is 51.8 Å². The van der Waals surface area contributed by atoms with Crippen molar-refractivity contribution in [1.29, 1.82) is 0 Å². The third-order valence-electron chi connectivity index (χ3n) is 6.58. The van der Waals surface area contributed by atoms with Gasteiger partial charge in [-0.05, 0) is 58.4 Å². The lowest BCUT2D eigenvalue weighted by molar-refractivity contribution is 0.0147. The molecule has 154 valence electrons. The highest BCUT2D eigenvalue weighted by atomic mass is 19.1. The quantitative estimate of drug-likeness (QED) is 0.462. The van der Waals surface area contributed by atoms with Gasteiger partial charge in [0.25, 0.3) is 0 Å². The van der Waals surface area contributed by atoms with Gasteiger partial charge in [-0.15, -0.1) is 0 Å². The molecule has 2 saturated heterocycles. The summed E-state index contributed by atoms with van der Waals surface area (Å²) in [6.07, 6.45) is 4.79. The Morgan fingerprint density at radius 1 is 1.33 bits per heavy atom. The predicted octanol–water partition coefficient (Wildman–Crippen LogP) is 0.818. The fourth-order valence-corrected chi connectivity index (χ4v) is 5.23. The third-order valence-corrected chi connectivity index (χ3v) is 6.58. The molecule has 0 aromatic rings. The zero-order valence-corrected chi connectivity index (χ0v) is 15.8. The molecule has 4 rings (SSSR count). The summed E-state index contributed by atoms with van der Waals surface area (Å²) in [6, 6.07) is -0.540. The summed E-state index contributed by atoms with van der Waals surface area (Å²) < 4.78 is 50.9. The van der Waals surface area contributed by atoms with Gasteiger partial charge in [-0.2, -0.15) is 0 Å². The van der Waals surface area contributed by atoms with Crippen LogP contribution in [0.1, 0.15) is 44.5 Å². The number of nitrogens with one attached hydrogen (secondary N) is 5. The molecule has 1 aliphatic carbocycles. The minimum atomic E-state index is -2.46. The van der Waals surface area contributed by atoms with E-state index >= 15 is 0 Å². The maximum absolute atomic E-state index is 14.7. The van der Waals surface area contributed by atoms with E-state index in [1.807, 2.05) is 0 Å². The second-order valence-electron chi connectivity index (χ2n) is 8.35. The van der Waals surface area contributed by atoms with Gasteiger partial charge in [-0.1, -0.05) is 11.6 Å². The average molecular weight is 386 g/mol. The normalized spacial score (nSPS) is 48.4. The van der Waals surface area contributed by atoms with E-state index in [2.05, 4.69) is 32.7 Å². The standard InChI is InChI=1S/C20H36FN5O/c1-12-17(21)19(22-2)26-20(24-12)25-15-10-14-6-9-27-18(14)16(11-15)13-4-3-7-23-8-5-13/h5,12,14-20,22-26H,3-4,6-11H2,1-2H3/i1D,2D3. The van der Waals surface area contributed by atoms with Crippen LogP contribution in [0.15, 0.2) is 11.6 Å². The smallest absolute Gasteiger partial charge is 0.143 e. The molecule has 7 heteroatoms. The van der Waals surface area contributed by atoms with E-state index in [0.29, 0.717) is 11.8 Å². The summed E-state index contributed by atoms with van der Waals surface area (Å²) in [5, 5.41) is 15.5. The van der Waals surface area contributed by atoms with E-state index < -0.39 is 31.6 Å². The van der Waals surface area contributed by atoms with Gasteiger partial charge < -0.3 is 15.4 Å². The number of halogens is 1. The second-order valence-corrected chi connectivity index (χ2v) is 8.35. The number of rotatable bonds is 4. The first kappa shape index (κ1) is 15.3. The molecular weight excluding hydrogens is 345 g/mol. The molecule has 1 saturated carbocycles. The molecule has 8 atom stereocenters. The third kappa shape index (κ3) is 4.38. The Bertz CT molecular complexity index is 639. The molecule has 0 aromatic carbocycles. The predicted molar refractivity (Wildman–Crippen MR) is 105 cm³/mol. The Morgan fingerprint density at radius 2 is 2.30 bits per heavy atom. The average Bonchev–Trinajstić information content (AvgIpc) is 3.01. The van der Waals surface area contributed by atoms with E-state index in [9.17, 15) is 4.39 Å². The van der Waals surface area contributed by atoms with Crippen molar-refractivity contribution in [3.8, 4) is 0 Å². The van der Waals surface area contributed by atoms with Crippen LogP contribution in [0.4, 0.5) is 4.39 Å². The fourth-order valence-electron chi connectivity index (χ4n) is 5.23. The topological polar surface area (TPSA) is 69.4 Å². The number of alkyl halides is 1. The zero-order valence-electron chi connectivity index (χ0n) is 19.8. The van der Waals surface area contributed by atoms with Gasteiger partial charge in [0.1, 0.15) is 12.5 Å². The number of hydrogen-bond acceptors (Lipinski definition) is 6. The molecule has 0 aromatic heterocycles. The molecule has 5 N–H and O–H groups in total. The van der Waals surface area contributed by atoms with Crippen LogP contribution < -0.4 is 26.6 Å². The van der Waals surface area contributed by atoms with Crippen molar-refractivity contribution in [2.45, 2.75) is 75.8 Å². The molecule has 3 fully saturated rings. The molecule has 0 bridgehead atoms. The minimum absolute atomic E-state index is 0.161. The Labute approximate surface area is 168 Å². The number of hydrogen-bond donors (Lipinski definition) is 5. The summed E-state index contributed by atoms with van der Waals surface area (Å²) in [5.41, 5.74) is 1.48. The molecular formula is C20H36FN5O. The highest BCUT2D eigenvalue weighted by molar-refractivity contribution is 5.15. The van der Waals surface area contributed by atoms with Crippen LogP contribution in [0.3, 0.4) is 0 Å². The van der Waals surface area contributed by atoms with E-state index in [1.54, 1.807) is 0 Å². The van der Waals surface area contributed by atoms with Crippen LogP contribution >= 0.6 is 0 Å². The molecule has 8 unspecified atom stereocenters. The Hall–Kier alpha value is -0.570. The minimum Gasteiger partial charge on any atom is -0.377 e. The van der Waals surface area contributed by atoms with Crippen LogP contribution in [0.25, 0.3) is 0 Å². The monoisotopic (exact) mass is 385 g/mol. The van der Waals surface area contributed by atoms with Crippen molar-refractivity contribution in [3.63, 3.8) is 0 Å². The lowest BCUT2D eigenvalue weighted by atomic mass is 9.72. The van der Waals surface area contributed by atoms with Gasteiger partial charge in [0.2, 0.25) is 0 Å². The van der Waals surface area contributed by atoms with Crippen LogP contribution in [0, 0.1) is 11.8 Å². The largest absolute Gasteiger partial charge is 0.377 e. The first-order valence-electron chi connectivity index (χ1n) is 12.5. The molecule has 3 aliphatic heterocycles. The number of fused-ring (bicyclic) bond motifs is 1. The first-order chi connectivity index (χ1) is 14.8. The lowest BCUT2D eigenvalue weighted by Crippen LogP contribution is -2.72. The SMILES string of the molecule is [2H]CC1NC(NC2CC3CCOC3C(C3=CCNCCC3)C2)NC(NC([2H])([2H])[2H])C1F. The molecule has 4 aliphatic rings. The highest BCUT2D eigenvalue weighted by Crippen LogP contribution is 2.42.